The van der Waals surface area contributed by atoms with Gasteiger partial charge in [-0.2, -0.15) is 0 Å². The van der Waals surface area contributed by atoms with E-state index in [9.17, 15) is 17.6 Å². The van der Waals surface area contributed by atoms with E-state index in [2.05, 4.69) is 9.72 Å². The first-order valence-electron chi connectivity index (χ1n) is 3.74. The third-order valence-corrected chi connectivity index (χ3v) is 1.56. The van der Waals surface area contributed by atoms with E-state index in [1.165, 1.54) is 0 Å². The van der Waals surface area contributed by atoms with Crippen LogP contribution in [0.4, 0.5) is 23.2 Å². The van der Waals surface area contributed by atoms with Crippen molar-refractivity contribution in [1.29, 1.82) is 0 Å². The number of nitrogen functional groups attached to an aromatic ring is 1. The molecule has 0 aliphatic rings. The summed E-state index contributed by atoms with van der Waals surface area (Å²) >= 11 is 0. The van der Waals surface area contributed by atoms with Gasteiger partial charge in [0.25, 0.3) is 0 Å². The van der Waals surface area contributed by atoms with Crippen LogP contribution in [0.15, 0.2) is 6.20 Å². The monoisotopic (exact) mass is 225 g/mol. The van der Waals surface area contributed by atoms with E-state index in [-0.39, 0.29) is 12.1 Å². The van der Waals surface area contributed by atoms with E-state index in [0.717, 1.165) is 0 Å². The zero-order chi connectivity index (χ0) is 11.6. The van der Waals surface area contributed by atoms with Crippen LogP contribution in [-0.2, 0) is 6.54 Å². The van der Waals surface area contributed by atoms with Crippen LogP contribution in [0.1, 0.15) is 5.56 Å². The van der Waals surface area contributed by atoms with E-state index in [0.29, 0.717) is 6.20 Å². The SMILES string of the molecule is NCc1c(F)cnc(OC(F)(F)F)c1N. The van der Waals surface area contributed by atoms with E-state index >= 15 is 0 Å². The molecule has 0 bridgehead atoms. The number of ether oxygens (including phenoxy) is 1. The van der Waals surface area contributed by atoms with Gasteiger partial charge in [-0.3, -0.25) is 0 Å². The third kappa shape index (κ3) is 2.69. The molecule has 0 saturated carbocycles. The lowest BCUT2D eigenvalue weighted by molar-refractivity contribution is -0.275. The highest BCUT2D eigenvalue weighted by Crippen LogP contribution is 2.29. The average molecular weight is 225 g/mol. The Morgan fingerprint density at radius 3 is 2.47 bits per heavy atom. The van der Waals surface area contributed by atoms with Crippen molar-refractivity contribution < 1.29 is 22.3 Å². The molecule has 0 amide bonds. The topological polar surface area (TPSA) is 74.2 Å². The number of aromatic nitrogens is 1. The summed E-state index contributed by atoms with van der Waals surface area (Å²) in [4.78, 5) is 3.07. The summed E-state index contributed by atoms with van der Waals surface area (Å²) in [6.07, 6.45) is -4.36. The maximum absolute atomic E-state index is 12.9. The lowest BCUT2D eigenvalue weighted by Crippen LogP contribution is -2.20. The molecule has 4 nitrogen and oxygen atoms in total. The van der Waals surface area contributed by atoms with Crippen molar-refractivity contribution in [3.63, 3.8) is 0 Å². The first-order chi connectivity index (χ1) is 6.85. The molecule has 1 heterocycles. The molecule has 0 saturated heterocycles. The van der Waals surface area contributed by atoms with E-state index < -0.39 is 23.7 Å². The van der Waals surface area contributed by atoms with E-state index in [1.807, 2.05) is 0 Å². The molecule has 0 radical (unpaired) electrons. The zero-order valence-electron chi connectivity index (χ0n) is 7.31. The lowest BCUT2D eigenvalue weighted by atomic mass is 10.2. The molecule has 1 rings (SSSR count). The number of hydrogen-bond donors (Lipinski definition) is 2. The van der Waals surface area contributed by atoms with Crippen LogP contribution < -0.4 is 16.2 Å². The van der Waals surface area contributed by atoms with Gasteiger partial charge in [-0.15, -0.1) is 13.2 Å². The summed E-state index contributed by atoms with van der Waals surface area (Å²) in [6, 6.07) is 0. The fraction of sp³-hybridized carbons (Fsp3) is 0.286. The van der Waals surface area contributed by atoms with Gasteiger partial charge in [-0.25, -0.2) is 9.37 Å². The molecule has 0 atom stereocenters. The van der Waals surface area contributed by atoms with E-state index in [1.54, 1.807) is 0 Å². The van der Waals surface area contributed by atoms with Crippen LogP contribution in [-0.4, -0.2) is 11.3 Å². The number of alkyl halides is 3. The Balaban J connectivity index is 3.11. The van der Waals surface area contributed by atoms with Gasteiger partial charge in [0.2, 0.25) is 5.88 Å². The average Bonchev–Trinajstić information content (AvgIpc) is 2.09. The Morgan fingerprint density at radius 1 is 1.40 bits per heavy atom. The number of anilines is 1. The van der Waals surface area contributed by atoms with Gasteiger partial charge in [0.15, 0.2) is 0 Å². The molecular formula is C7H7F4N3O. The molecule has 0 fully saturated rings. The molecule has 0 aliphatic carbocycles. The van der Waals surface area contributed by atoms with Gasteiger partial charge in [-0.05, 0) is 0 Å². The van der Waals surface area contributed by atoms with Crippen molar-refractivity contribution in [3.8, 4) is 5.88 Å². The standard InChI is InChI=1S/C7H7F4N3O/c8-4-2-14-6(15-7(9,10)11)5(13)3(4)1-12/h2H,1,12-13H2. The van der Waals surface area contributed by atoms with Crippen LogP contribution in [0, 0.1) is 5.82 Å². The first kappa shape index (κ1) is 11.5. The second-order valence-electron chi connectivity index (χ2n) is 2.56. The summed E-state index contributed by atoms with van der Waals surface area (Å²) in [5.41, 5.74) is 9.49. The van der Waals surface area contributed by atoms with Gasteiger partial charge in [-0.1, -0.05) is 0 Å². The number of hydrogen-bond acceptors (Lipinski definition) is 4. The number of nitrogens with zero attached hydrogens (tertiary/aromatic N) is 1. The normalized spacial score (nSPS) is 11.5. The van der Waals surface area contributed by atoms with Gasteiger partial charge < -0.3 is 16.2 Å². The van der Waals surface area contributed by atoms with Crippen molar-refractivity contribution in [3.05, 3.63) is 17.6 Å². The van der Waals surface area contributed by atoms with Crippen LogP contribution in [0.3, 0.4) is 0 Å². The minimum Gasteiger partial charge on any atom is -0.394 e. The van der Waals surface area contributed by atoms with Gasteiger partial charge in [0, 0.05) is 12.1 Å². The lowest BCUT2D eigenvalue weighted by Gasteiger charge is -2.12. The Morgan fingerprint density at radius 2 is 2.00 bits per heavy atom. The predicted octanol–water partition coefficient (Wildman–Crippen LogP) is 1.16. The molecule has 0 aliphatic heterocycles. The minimum atomic E-state index is -4.93. The fourth-order valence-electron chi connectivity index (χ4n) is 0.919. The Hall–Kier alpha value is -1.57. The highest BCUT2D eigenvalue weighted by Gasteiger charge is 2.33. The molecule has 4 N–H and O–H groups in total. The molecular weight excluding hydrogens is 218 g/mol. The number of pyridine rings is 1. The summed E-state index contributed by atoms with van der Waals surface area (Å²) in [5, 5.41) is 0. The summed E-state index contributed by atoms with van der Waals surface area (Å²) in [5.74, 6) is -1.77. The minimum absolute atomic E-state index is 0.260. The maximum atomic E-state index is 12.9. The smallest absolute Gasteiger partial charge is 0.394 e. The highest BCUT2D eigenvalue weighted by atomic mass is 19.4. The molecule has 15 heavy (non-hydrogen) atoms. The van der Waals surface area contributed by atoms with Crippen LogP contribution >= 0.6 is 0 Å². The number of halogens is 4. The van der Waals surface area contributed by atoms with Gasteiger partial charge in [0.05, 0.1) is 6.20 Å². The predicted molar refractivity (Wildman–Crippen MR) is 43.2 cm³/mol. The molecule has 0 spiro atoms. The number of rotatable bonds is 2. The van der Waals surface area contributed by atoms with Crippen molar-refractivity contribution in [2.75, 3.05) is 5.73 Å². The Bertz CT molecular complexity index is 366. The maximum Gasteiger partial charge on any atom is 0.574 e. The van der Waals surface area contributed by atoms with Crippen molar-refractivity contribution in [1.82, 2.24) is 4.98 Å². The summed E-state index contributed by atoms with van der Waals surface area (Å²) in [6.45, 7) is -0.339. The molecule has 1 aromatic heterocycles. The molecule has 1 aromatic rings. The van der Waals surface area contributed by atoms with E-state index in [4.69, 9.17) is 11.5 Å². The van der Waals surface area contributed by atoms with Crippen molar-refractivity contribution in [2.24, 2.45) is 5.73 Å². The quantitative estimate of drug-likeness (QED) is 0.740. The highest BCUT2D eigenvalue weighted by molar-refractivity contribution is 5.55. The molecule has 84 valence electrons. The zero-order valence-corrected chi connectivity index (χ0v) is 7.31. The van der Waals surface area contributed by atoms with Crippen LogP contribution in [0.2, 0.25) is 0 Å². The van der Waals surface area contributed by atoms with Crippen LogP contribution in [0.5, 0.6) is 5.88 Å². The van der Waals surface area contributed by atoms with Gasteiger partial charge >= 0.3 is 6.36 Å². The fourth-order valence-corrected chi connectivity index (χ4v) is 0.919. The molecule has 0 unspecified atom stereocenters. The Kier molecular flexibility index (Phi) is 2.98. The number of nitrogens with two attached hydrogens (primary N) is 2. The Labute approximate surface area is 81.8 Å². The molecule has 8 heteroatoms. The molecule has 0 aromatic carbocycles. The third-order valence-electron chi connectivity index (χ3n) is 1.56. The second-order valence-corrected chi connectivity index (χ2v) is 2.56. The largest absolute Gasteiger partial charge is 0.574 e. The van der Waals surface area contributed by atoms with Crippen LogP contribution in [0.25, 0.3) is 0 Å². The van der Waals surface area contributed by atoms with Gasteiger partial charge in [0.1, 0.15) is 11.5 Å². The first-order valence-corrected chi connectivity index (χ1v) is 3.74. The van der Waals surface area contributed by atoms with Crippen molar-refractivity contribution in [2.45, 2.75) is 12.9 Å². The summed E-state index contributed by atoms with van der Waals surface area (Å²) < 4.78 is 51.8. The second kappa shape index (κ2) is 3.89. The van der Waals surface area contributed by atoms with Crippen molar-refractivity contribution >= 4 is 5.69 Å². The summed E-state index contributed by atoms with van der Waals surface area (Å²) in [7, 11) is 0.